The summed E-state index contributed by atoms with van der Waals surface area (Å²) < 4.78 is 5.25. The van der Waals surface area contributed by atoms with E-state index in [1.807, 2.05) is 6.92 Å². The van der Waals surface area contributed by atoms with Crippen LogP contribution in [0.5, 0.6) is 0 Å². The van der Waals surface area contributed by atoms with E-state index in [-0.39, 0.29) is 5.28 Å². The summed E-state index contributed by atoms with van der Waals surface area (Å²) in [6.07, 6.45) is 3.12. The zero-order valence-corrected chi connectivity index (χ0v) is 10.2. The number of hydrogen-bond donors (Lipinski definition) is 1. The van der Waals surface area contributed by atoms with Gasteiger partial charge in [-0.2, -0.15) is 4.98 Å². The summed E-state index contributed by atoms with van der Waals surface area (Å²) in [5, 5.41) is 1.29. The van der Waals surface area contributed by atoms with Crippen LogP contribution in [0.2, 0.25) is 5.28 Å². The van der Waals surface area contributed by atoms with Crippen molar-refractivity contribution in [1.82, 2.24) is 24.9 Å². The maximum Gasteiger partial charge on any atom is 0.262 e. The lowest BCUT2D eigenvalue weighted by Gasteiger charge is -1.98. The van der Waals surface area contributed by atoms with Gasteiger partial charge in [-0.15, -0.1) is 0 Å². The molecular weight excluding hydrogens is 262 g/mol. The summed E-state index contributed by atoms with van der Waals surface area (Å²) in [5.41, 5.74) is 2.06. The molecule has 0 unspecified atom stereocenters. The molecule has 8 heteroatoms. The van der Waals surface area contributed by atoms with Gasteiger partial charge in [0, 0.05) is 0 Å². The molecule has 17 heavy (non-hydrogen) atoms. The number of nitrogens with zero attached hydrogens (tertiary/aromatic N) is 4. The van der Waals surface area contributed by atoms with Gasteiger partial charge in [-0.25, -0.2) is 15.0 Å². The summed E-state index contributed by atoms with van der Waals surface area (Å²) in [4.78, 5) is 19.3. The molecule has 6 nitrogen and oxygen atoms in total. The molecule has 0 aliphatic carbocycles. The van der Waals surface area contributed by atoms with Gasteiger partial charge in [0.05, 0.1) is 12.0 Å². The van der Waals surface area contributed by atoms with Crippen LogP contribution in [0.4, 0.5) is 0 Å². The van der Waals surface area contributed by atoms with E-state index < -0.39 is 0 Å². The Hall–Kier alpha value is -1.60. The van der Waals surface area contributed by atoms with Gasteiger partial charge < -0.3 is 9.40 Å². The van der Waals surface area contributed by atoms with E-state index in [2.05, 4.69) is 24.9 Å². The molecule has 0 saturated heterocycles. The van der Waals surface area contributed by atoms with Crippen LogP contribution in [-0.4, -0.2) is 24.9 Å². The number of H-pyrrole nitrogens is 1. The molecule has 0 aliphatic rings. The monoisotopic (exact) mass is 267 g/mol. The molecule has 0 amide bonds. The highest BCUT2D eigenvalue weighted by Crippen LogP contribution is 2.30. The van der Waals surface area contributed by atoms with Crippen molar-refractivity contribution < 1.29 is 4.42 Å². The number of rotatable bonds is 2. The van der Waals surface area contributed by atoms with Crippen molar-refractivity contribution in [1.29, 1.82) is 0 Å². The molecule has 0 atom stereocenters. The van der Waals surface area contributed by atoms with E-state index in [0.29, 0.717) is 15.9 Å². The van der Waals surface area contributed by atoms with Gasteiger partial charge in [0.2, 0.25) is 5.28 Å². The van der Waals surface area contributed by atoms with Crippen LogP contribution in [0.25, 0.3) is 11.2 Å². The van der Waals surface area contributed by atoms with Crippen LogP contribution in [-0.2, 0) is 0 Å². The van der Waals surface area contributed by atoms with Crippen molar-refractivity contribution in [3.05, 3.63) is 23.6 Å². The zero-order valence-electron chi connectivity index (χ0n) is 8.64. The Labute approximate surface area is 105 Å². The number of imidazole rings is 1. The Morgan fingerprint density at radius 3 is 3.00 bits per heavy atom. The molecule has 0 radical (unpaired) electrons. The Morgan fingerprint density at radius 2 is 2.24 bits per heavy atom. The van der Waals surface area contributed by atoms with E-state index in [4.69, 9.17) is 16.0 Å². The predicted octanol–water partition coefficient (Wildman–Crippen LogP) is 2.45. The third-order valence-corrected chi connectivity index (χ3v) is 3.03. The number of aromatic amines is 1. The number of fused-ring (bicyclic) bond motifs is 1. The normalized spacial score (nSPS) is 11.2. The molecule has 3 heterocycles. The third kappa shape index (κ3) is 1.98. The molecule has 1 N–H and O–H groups in total. The topological polar surface area (TPSA) is 80.5 Å². The lowest BCUT2D eigenvalue weighted by Crippen LogP contribution is -1.88. The maximum absolute atomic E-state index is 5.81. The molecule has 0 aliphatic heterocycles. The van der Waals surface area contributed by atoms with Crippen molar-refractivity contribution in [2.75, 3.05) is 0 Å². The van der Waals surface area contributed by atoms with E-state index in [1.54, 1.807) is 12.6 Å². The average Bonchev–Trinajstić information content (AvgIpc) is 2.87. The molecule has 0 spiro atoms. The first-order chi connectivity index (χ1) is 8.22. The fraction of sp³-hybridized carbons (Fsp3) is 0.111. The largest absolute Gasteiger partial charge is 0.439 e. The molecule has 0 fully saturated rings. The van der Waals surface area contributed by atoms with E-state index >= 15 is 0 Å². The molecule has 86 valence electrons. The zero-order chi connectivity index (χ0) is 11.8. The van der Waals surface area contributed by atoms with Gasteiger partial charge in [0.15, 0.2) is 5.65 Å². The van der Waals surface area contributed by atoms with E-state index in [9.17, 15) is 0 Å². The number of oxazole rings is 1. The van der Waals surface area contributed by atoms with Crippen molar-refractivity contribution in [2.45, 2.75) is 17.2 Å². The predicted molar refractivity (Wildman–Crippen MR) is 62.1 cm³/mol. The molecule has 0 aromatic carbocycles. The van der Waals surface area contributed by atoms with Gasteiger partial charge in [-0.3, -0.25) is 0 Å². The number of hydrogen-bond acceptors (Lipinski definition) is 6. The number of nitrogens with one attached hydrogen (secondary N) is 1. The molecule has 3 rings (SSSR count). The third-order valence-electron chi connectivity index (χ3n) is 2.01. The smallest absolute Gasteiger partial charge is 0.262 e. The second-order valence-electron chi connectivity index (χ2n) is 3.26. The highest BCUT2D eigenvalue weighted by molar-refractivity contribution is 7.99. The lowest BCUT2D eigenvalue weighted by atomic mass is 10.6. The standard InChI is InChI=1S/C9H6ClN5OS/c1-4-2-16-9(13-4)17-7-5-6(12-3-11-5)14-8(10)15-7/h2-3H,1H3,(H,11,12,14,15). The van der Waals surface area contributed by atoms with Crippen LogP contribution < -0.4 is 0 Å². The fourth-order valence-electron chi connectivity index (χ4n) is 1.32. The summed E-state index contributed by atoms with van der Waals surface area (Å²) in [7, 11) is 0. The summed E-state index contributed by atoms with van der Waals surface area (Å²) in [6.45, 7) is 1.85. The second kappa shape index (κ2) is 4.01. The highest BCUT2D eigenvalue weighted by atomic mass is 35.5. The average molecular weight is 268 g/mol. The van der Waals surface area contributed by atoms with Crippen molar-refractivity contribution in [2.24, 2.45) is 0 Å². The molecule has 0 bridgehead atoms. The quantitative estimate of drug-likeness (QED) is 0.567. The number of aryl methyl sites for hydroxylation is 1. The minimum absolute atomic E-state index is 0.148. The first kappa shape index (κ1) is 10.5. The lowest BCUT2D eigenvalue weighted by molar-refractivity contribution is 0.454. The Balaban J connectivity index is 2.07. The van der Waals surface area contributed by atoms with Gasteiger partial charge in [-0.05, 0) is 30.3 Å². The van der Waals surface area contributed by atoms with Crippen LogP contribution in [0.3, 0.4) is 0 Å². The molecule has 3 aromatic heterocycles. The fourth-order valence-corrected chi connectivity index (χ4v) is 2.37. The Kier molecular flexibility index (Phi) is 2.49. The second-order valence-corrected chi connectivity index (χ2v) is 4.53. The summed E-state index contributed by atoms with van der Waals surface area (Å²) in [5.74, 6) is 0. The van der Waals surface area contributed by atoms with Crippen molar-refractivity contribution in [3.8, 4) is 0 Å². The first-order valence-electron chi connectivity index (χ1n) is 4.69. The van der Waals surface area contributed by atoms with Crippen LogP contribution >= 0.6 is 23.4 Å². The van der Waals surface area contributed by atoms with Gasteiger partial charge in [-0.1, -0.05) is 0 Å². The SMILES string of the molecule is Cc1coc(Sc2nc(Cl)nc3nc[nH]c23)n1. The van der Waals surface area contributed by atoms with Crippen molar-refractivity contribution >= 4 is 34.5 Å². The van der Waals surface area contributed by atoms with Gasteiger partial charge >= 0.3 is 0 Å². The summed E-state index contributed by atoms with van der Waals surface area (Å²) >= 11 is 7.08. The van der Waals surface area contributed by atoms with Crippen LogP contribution in [0.1, 0.15) is 5.69 Å². The number of aromatic nitrogens is 5. The van der Waals surface area contributed by atoms with E-state index in [0.717, 1.165) is 11.2 Å². The van der Waals surface area contributed by atoms with Crippen LogP contribution in [0.15, 0.2) is 27.3 Å². The highest BCUT2D eigenvalue weighted by Gasteiger charge is 2.13. The minimum atomic E-state index is 0.148. The van der Waals surface area contributed by atoms with Gasteiger partial charge in [0.25, 0.3) is 5.22 Å². The van der Waals surface area contributed by atoms with E-state index in [1.165, 1.54) is 11.8 Å². The first-order valence-corrected chi connectivity index (χ1v) is 5.88. The van der Waals surface area contributed by atoms with Crippen molar-refractivity contribution in [3.63, 3.8) is 0 Å². The summed E-state index contributed by atoms with van der Waals surface area (Å²) in [6, 6.07) is 0. The number of halogens is 1. The minimum Gasteiger partial charge on any atom is -0.439 e. The molecule has 3 aromatic rings. The molecular formula is C9H6ClN5OS. The molecule has 0 saturated carbocycles. The maximum atomic E-state index is 5.81. The Morgan fingerprint density at radius 1 is 1.35 bits per heavy atom. The Bertz CT molecular complexity index is 679. The van der Waals surface area contributed by atoms with Gasteiger partial charge in [0.1, 0.15) is 16.8 Å². The van der Waals surface area contributed by atoms with Crippen LogP contribution in [0, 0.1) is 6.92 Å².